The number of thiophene rings is 1. The van der Waals surface area contributed by atoms with E-state index in [1.54, 1.807) is 32.0 Å². The lowest BCUT2D eigenvalue weighted by atomic mass is 9.88. The van der Waals surface area contributed by atoms with Gasteiger partial charge in [0.05, 0.1) is 17.4 Å². The summed E-state index contributed by atoms with van der Waals surface area (Å²) in [5.74, 6) is -1.60. The maximum absolute atomic E-state index is 14.4. The number of allylic oxidation sites excluding steroid dienone is 1. The van der Waals surface area contributed by atoms with Crippen LogP contribution in [0.25, 0.3) is 0 Å². The van der Waals surface area contributed by atoms with Crippen molar-refractivity contribution < 1.29 is 18.7 Å². The Hall–Kier alpha value is -2.85. The quantitative estimate of drug-likeness (QED) is 0.848. The molecule has 1 aromatic carbocycles. The average Bonchev–Trinajstić information content (AvgIpc) is 2.90. The van der Waals surface area contributed by atoms with Crippen molar-refractivity contribution in [2.45, 2.75) is 19.8 Å². The summed E-state index contributed by atoms with van der Waals surface area (Å²) in [4.78, 5) is 13.5. The highest BCUT2D eigenvalue weighted by Crippen LogP contribution is 2.49. The van der Waals surface area contributed by atoms with Crippen LogP contribution in [0.15, 0.2) is 35.7 Å². The number of fused-ring (bicyclic) bond motifs is 1. The molecular formula is C18H15FN2O3S. The number of carbonyl (C=O) groups is 1. The first-order valence-electron chi connectivity index (χ1n) is 7.62. The standard InChI is InChI=1S/C18H15FN2O3S/c1-3-23-18(22)13-9(2)25-16-14(10-6-4-5-7-12(10)19)11(8-20)17(21)24-15(13)16/h4-7,14H,3,21H2,1-2H3/t14-/m0/s1. The molecule has 3 rings (SSSR count). The molecule has 2 heterocycles. The summed E-state index contributed by atoms with van der Waals surface area (Å²) in [5, 5.41) is 9.50. The predicted molar refractivity (Wildman–Crippen MR) is 90.7 cm³/mol. The monoisotopic (exact) mass is 358 g/mol. The molecule has 0 saturated heterocycles. The molecule has 0 bridgehead atoms. The highest BCUT2D eigenvalue weighted by atomic mass is 32.1. The van der Waals surface area contributed by atoms with Gasteiger partial charge in [-0.15, -0.1) is 11.3 Å². The third kappa shape index (κ3) is 2.75. The Morgan fingerprint density at radius 1 is 1.48 bits per heavy atom. The number of nitrogens with zero attached hydrogens (tertiary/aromatic N) is 1. The van der Waals surface area contributed by atoms with Crippen LogP contribution in [0.1, 0.15) is 38.5 Å². The number of ether oxygens (including phenoxy) is 2. The second-order valence-corrected chi connectivity index (χ2v) is 6.65. The van der Waals surface area contributed by atoms with E-state index in [4.69, 9.17) is 15.2 Å². The largest absolute Gasteiger partial charge is 0.462 e. The lowest BCUT2D eigenvalue weighted by Gasteiger charge is -2.24. The van der Waals surface area contributed by atoms with Gasteiger partial charge in [-0.25, -0.2) is 9.18 Å². The van der Waals surface area contributed by atoms with Gasteiger partial charge in [0.1, 0.15) is 23.0 Å². The topological polar surface area (TPSA) is 85.3 Å². The number of hydrogen-bond donors (Lipinski definition) is 1. The van der Waals surface area contributed by atoms with Gasteiger partial charge in [-0.05, 0) is 19.9 Å². The highest BCUT2D eigenvalue weighted by molar-refractivity contribution is 7.12. The van der Waals surface area contributed by atoms with Crippen molar-refractivity contribution in [2.24, 2.45) is 5.73 Å². The van der Waals surface area contributed by atoms with Gasteiger partial charge < -0.3 is 15.2 Å². The number of carbonyl (C=O) groups excluding carboxylic acids is 1. The normalized spacial score (nSPS) is 16.0. The summed E-state index contributed by atoms with van der Waals surface area (Å²) in [5.41, 5.74) is 6.59. The second-order valence-electron chi connectivity index (χ2n) is 5.39. The first kappa shape index (κ1) is 17.0. The van der Waals surface area contributed by atoms with E-state index in [-0.39, 0.29) is 29.4 Å². The molecule has 25 heavy (non-hydrogen) atoms. The molecule has 2 N–H and O–H groups in total. The molecule has 1 aliphatic rings. The van der Waals surface area contributed by atoms with Crippen LogP contribution in [0.4, 0.5) is 4.39 Å². The number of nitrogens with two attached hydrogens (primary N) is 1. The number of esters is 1. The number of aryl methyl sites for hydroxylation is 1. The van der Waals surface area contributed by atoms with Crippen molar-refractivity contribution in [3.63, 3.8) is 0 Å². The second kappa shape index (κ2) is 6.57. The minimum atomic E-state index is -0.721. The molecule has 1 aromatic heterocycles. The average molecular weight is 358 g/mol. The Morgan fingerprint density at radius 3 is 2.84 bits per heavy atom. The summed E-state index contributed by atoms with van der Waals surface area (Å²) >= 11 is 1.27. The summed E-state index contributed by atoms with van der Waals surface area (Å²) in [6.07, 6.45) is 0. The molecule has 1 atom stereocenters. The van der Waals surface area contributed by atoms with Crippen molar-refractivity contribution in [1.82, 2.24) is 0 Å². The van der Waals surface area contributed by atoms with Crippen molar-refractivity contribution in [1.29, 1.82) is 5.26 Å². The van der Waals surface area contributed by atoms with Crippen LogP contribution in [0.2, 0.25) is 0 Å². The molecule has 1 aliphatic heterocycles. The molecule has 2 aromatic rings. The molecule has 7 heteroatoms. The lowest BCUT2D eigenvalue weighted by Crippen LogP contribution is -2.21. The highest BCUT2D eigenvalue weighted by Gasteiger charge is 2.38. The molecule has 0 spiro atoms. The third-order valence-corrected chi connectivity index (χ3v) is 5.06. The molecular weight excluding hydrogens is 343 g/mol. The molecule has 0 unspecified atom stereocenters. The van der Waals surface area contributed by atoms with E-state index in [0.29, 0.717) is 15.3 Å². The number of nitriles is 1. The first-order chi connectivity index (χ1) is 12.0. The maximum Gasteiger partial charge on any atom is 0.343 e. The van der Waals surface area contributed by atoms with Gasteiger partial charge in [0.2, 0.25) is 5.88 Å². The van der Waals surface area contributed by atoms with Crippen LogP contribution in [-0.4, -0.2) is 12.6 Å². The maximum atomic E-state index is 14.4. The van der Waals surface area contributed by atoms with Crippen molar-refractivity contribution in [3.05, 3.63) is 62.4 Å². The fourth-order valence-corrected chi connectivity index (χ4v) is 4.05. The fourth-order valence-electron chi connectivity index (χ4n) is 2.84. The van der Waals surface area contributed by atoms with Crippen LogP contribution in [0, 0.1) is 24.1 Å². The van der Waals surface area contributed by atoms with E-state index in [0.717, 1.165) is 0 Å². The molecule has 0 amide bonds. The van der Waals surface area contributed by atoms with Crippen molar-refractivity contribution in [3.8, 4) is 11.8 Å². The molecule has 0 saturated carbocycles. The molecule has 0 aliphatic carbocycles. The van der Waals surface area contributed by atoms with E-state index in [9.17, 15) is 14.4 Å². The number of hydrogen-bond acceptors (Lipinski definition) is 6. The van der Waals surface area contributed by atoms with Crippen LogP contribution in [-0.2, 0) is 4.74 Å². The summed E-state index contributed by atoms with van der Waals surface area (Å²) in [6.45, 7) is 3.67. The van der Waals surface area contributed by atoms with Crippen molar-refractivity contribution in [2.75, 3.05) is 6.61 Å². The first-order valence-corrected chi connectivity index (χ1v) is 8.43. The minimum absolute atomic E-state index is 0.120. The van der Waals surface area contributed by atoms with Gasteiger partial charge in [-0.1, -0.05) is 18.2 Å². The lowest BCUT2D eigenvalue weighted by molar-refractivity contribution is 0.0522. The molecule has 0 radical (unpaired) electrons. The van der Waals surface area contributed by atoms with Gasteiger partial charge in [0, 0.05) is 10.4 Å². The van der Waals surface area contributed by atoms with Gasteiger partial charge >= 0.3 is 5.97 Å². The van der Waals surface area contributed by atoms with E-state index < -0.39 is 17.7 Å². The van der Waals surface area contributed by atoms with Crippen LogP contribution in [0.3, 0.4) is 0 Å². The Morgan fingerprint density at radius 2 is 2.20 bits per heavy atom. The van der Waals surface area contributed by atoms with Gasteiger partial charge in [0.15, 0.2) is 5.75 Å². The Kier molecular flexibility index (Phi) is 4.47. The molecule has 128 valence electrons. The fraction of sp³-hybridized carbons (Fsp3) is 0.222. The minimum Gasteiger partial charge on any atom is -0.462 e. The predicted octanol–water partition coefficient (Wildman–Crippen LogP) is 3.59. The van der Waals surface area contributed by atoms with Gasteiger partial charge in [0.25, 0.3) is 0 Å². The third-order valence-electron chi connectivity index (χ3n) is 3.91. The molecule has 0 fully saturated rings. The van der Waals surface area contributed by atoms with Crippen LogP contribution < -0.4 is 10.5 Å². The van der Waals surface area contributed by atoms with E-state index >= 15 is 0 Å². The zero-order chi connectivity index (χ0) is 18.1. The van der Waals surface area contributed by atoms with Gasteiger partial charge in [-0.2, -0.15) is 5.26 Å². The SMILES string of the molecule is CCOC(=O)c1c(C)sc2c1OC(N)=C(C#N)[C@@H]2c1ccccc1F. The van der Waals surface area contributed by atoms with E-state index in [1.165, 1.54) is 17.4 Å². The van der Waals surface area contributed by atoms with Crippen molar-refractivity contribution >= 4 is 17.3 Å². The molecule has 5 nitrogen and oxygen atoms in total. The van der Waals surface area contributed by atoms with Gasteiger partial charge in [-0.3, -0.25) is 0 Å². The van der Waals surface area contributed by atoms with E-state index in [1.807, 2.05) is 6.07 Å². The Labute approximate surface area is 148 Å². The summed E-state index contributed by atoms with van der Waals surface area (Å²) < 4.78 is 25.0. The number of rotatable bonds is 3. The van der Waals surface area contributed by atoms with Crippen LogP contribution >= 0.6 is 11.3 Å². The Balaban J connectivity index is 2.24. The van der Waals surface area contributed by atoms with E-state index in [2.05, 4.69) is 0 Å². The zero-order valence-electron chi connectivity index (χ0n) is 13.6. The smallest absolute Gasteiger partial charge is 0.343 e. The number of benzene rings is 1. The summed E-state index contributed by atoms with van der Waals surface area (Å²) in [6, 6.07) is 8.18. The number of halogens is 1. The van der Waals surface area contributed by atoms with Crippen LogP contribution in [0.5, 0.6) is 5.75 Å². The Bertz CT molecular complexity index is 927. The zero-order valence-corrected chi connectivity index (χ0v) is 14.4. The summed E-state index contributed by atoms with van der Waals surface area (Å²) in [7, 11) is 0.